The number of carbonyl (C=O) groups is 1. The molecule has 0 amide bonds. The first-order valence-electron chi connectivity index (χ1n) is 5.36. The Bertz CT molecular complexity index is 752. The second-order valence-electron chi connectivity index (χ2n) is 3.74. The fraction of sp³-hybridized carbons (Fsp3) is 0.0833. The molecule has 0 radical (unpaired) electrons. The Labute approximate surface area is 110 Å². The first-order chi connectivity index (χ1) is 9.39. The summed E-state index contributed by atoms with van der Waals surface area (Å²) in [6.07, 6.45) is -1.60. The number of nitrogens with one attached hydrogen (secondary N) is 1. The summed E-state index contributed by atoms with van der Waals surface area (Å²) in [5, 5.41) is 8.25. The number of imidazole rings is 1. The Morgan fingerprint density at radius 3 is 2.45 bits per heavy atom. The van der Waals surface area contributed by atoms with Gasteiger partial charge in [0.25, 0.3) is 0 Å². The van der Waals surface area contributed by atoms with Gasteiger partial charge in [-0.15, -0.1) is 0 Å². The molecule has 2 aromatic heterocycles. The maximum atomic E-state index is 10.6. The lowest BCUT2D eigenvalue weighted by atomic mass is 10.2. The SMILES string of the molecule is O=C(O)C(F)(F)F.c1ccc2c(c1)ncc1nc[nH]c12. The molecule has 0 saturated carbocycles. The van der Waals surface area contributed by atoms with Crippen molar-refractivity contribution in [3.05, 3.63) is 36.8 Å². The van der Waals surface area contributed by atoms with Crippen LogP contribution in [-0.4, -0.2) is 32.2 Å². The number of benzene rings is 1. The summed E-state index contributed by atoms with van der Waals surface area (Å²) in [5.74, 6) is -2.76. The first-order valence-corrected chi connectivity index (χ1v) is 5.36. The van der Waals surface area contributed by atoms with Crippen molar-refractivity contribution < 1.29 is 23.1 Å². The summed E-state index contributed by atoms with van der Waals surface area (Å²) >= 11 is 0. The molecule has 0 unspecified atom stereocenters. The molecule has 0 aliphatic rings. The van der Waals surface area contributed by atoms with Gasteiger partial charge in [0.1, 0.15) is 5.52 Å². The van der Waals surface area contributed by atoms with Gasteiger partial charge in [-0.2, -0.15) is 13.2 Å². The Morgan fingerprint density at radius 2 is 1.80 bits per heavy atom. The molecule has 2 N–H and O–H groups in total. The number of aromatic amines is 1. The van der Waals surface area contributed by atoms with Crippen LogP contribution in [0, 0.1) is 0 Å². The van der Waals surface area contributed by atoms with E-state index in [4.69, 9.17) is 9.90 Å². The van der Waals surface area contributed by atoms with Crippen LogP contribution >= 0.6 is 0 Å². The van der Waals surface area contributed by atoms with Crippen molar-refractivity contribution in [2.24, 2.45) is 0 Å². The Hall–Kier alpha value is -2.64. The molecular weight excluding hydrogens is 275 g/mol. The van der Waals surface area contributed by atoms with Gasteiger partial charge < -0.3 is 10.1 Å². The van der Waals surface area contributed by atoms with E-state index in [0.29, 0.717) is 0 Å². The summed E-state index contributed by atoms with van der Waals surface area (Å²) in [6, 6.07) is 8.03. The quantitative estimate of drug-likeness (QED) is 0.665. The maximum Gasteiger partial charge on any atom is 0.490 e. The normalized spacial score (nSPS) is 11.2. The number of aromatic nitrogens is 3. The number of carboxylic acid groups (broad SMARTS) is 1. The fourth-order valence-electron chi connectivity index (χ4n) is 1.55. The van der Waals surface area contributed by atoms with Crippen LogP contribution in [0.1, 0.15) is 0 Å². The zero-order valence-corrected chi connectivity index (χ0v) is 9.85. The number of halogens is 3. The van der Waals surface area contributed by atoms with E-state index in [9.17, 15) is 13.2 Å². The number of para-hydroxylation sites is 1. The number of nitrogens with zero attached hydrogens (tertiary/aromatic N) is 2. The van der Waals surface area contributed by atoms with E-state index in [1.807, 2.05) is 24.3 Å². The monoisotopic (exact) mass is 283 g/mol. The zero-order chi connectivity index (χ0) is 14.8. The van der Waals surface area contributed by atoms with E-state index in [0.717, 1.165) is 21.9 Å². The average Bonchev–Trinajstić information content (AvgIpc) is 2.87. The molecule has 20 heavy (non-hydrogen) atoms. The van der Waals surface area contributed by atoms with Crippen molar-refractivity contribution in [3.8, 4) is 0 Å². The van der Waals surface area contributed by atoms with Crippen molar-refractivity contribution >= 4 is 27.9 Å². The Balaban J connectivity index is 0.000000182. The van der Waals surface area contributed by atoms with Crippen molar-refractivity contribution in [1.82, 2.24) is 15.0 Å². The van der Waals surface area contributed by atoms with Gasteiger partial charge in [0.05, 0.1) is 23.6 Å². The molecule has 0 atom stereocenters. The average molecular weight is 283 g/mol. The van der Waals surface area contributed by atoms with Crippen molar-refractivity contribution in [1.29, 1.82) is 0 Å². The van der Waals surface area contributed by atoms with Crippen LogP contribution in [0.5, 0.6) is 0 Å². The highest BCUT2D eigenvalue weighted by Gasteiger charge is 2.38. The lowest BCUT2D eigenvalue weighted by Crippen LogP contribution is -2.21. The molecule has 104 valence electrons. The van der Waals surface area contributed by atoms with Crippen LogP contribution in [-0.2, 0) is 4.79 Å². The van der Waals surface area contributed by atoms with Gasteiger partial charge in [0, 0.05) is 5.39 Å². The molecule has 0 saturated heterocycles. The Kier molecular flexibility index (Phi) is 3.55. The molecule has 0 spiro atoms. The van der Waals surface area contributed by atoms with E-state index in [1.54, 1.807) is 12.5 Å². The number of hydrogen-bond acceptors (Lipinski definition) is 3. The molecule has 5 nitrogen and oxygen atoms in total. The molecule has 1 aromatic carbocycles. The smallest absolute Gasteiger partial charge is 0.475 e. The van der Waals surface area contributed by atoms with Crippen LogP contribution < -0.4 is 0 Å². The Morgan fingerprint density at radius 1 is 1.15 bits per heavy atom. The van der Waals surface area contributed by atoms with Crippen LogP contribution in [0.4, 0.5) is 13.2 Å². The van der Waals surface area contributed by atoms with E-state index < -0.39 is 12.1 Å². The molecule has 0 aliphatic carbocycles. The summed E-state index contributed by atoms with van der Waals surface area (Å²) in [7, 11) is 0. The molecular formula is C12H8F3N3O2. The topological polar surface area (TPSA) is 78.9 Å². The summed E-state index contributed by atoms with van der Waals surface area (Å²) in [5.41, 5.74) is 2.98. The molecule has 0 bridgehead atoms. The first kappa shape index (κ1) is 13.8. The van der Waals surface area contributed by atoms with Gasteiger partial charge in [-0.05, 0) is 6.07 Å². The molecule has 3 rings (SSSR count). The van der Waals surface area contributed by atoms with Crippen molar-refractivity contribution in [2.75, 3.05) is 0 Å². The minimum absolute atomic E-state index is 0.915. The zero-order valence-electron chi connectivity index (χ0n) is 9.85. The third kappa shape index (κ3) is 2.85. The molecule has 0 fully saturated rings. The number of pyridine rings is 1. The highest BCUT2D eigenvalue weighted by molar-refractivity contribution is 6.01. The van der Waals surface area contributed by atoms with Gasteiger partial charge >= 0.3 is 12.1 Å². The van der Waals surface area contributed by atoms with Crippen LogP contribution in [0.3, 0.4) is 0 Å². The molecule has 0 aliphatic heterocycles. The van der Waals surface area contributed by atoms with Gasteiger partial charge in [-0.1, -0.05) is 18.2 Å². The van der Waals surface area contributed by atoms with Crippen molar-refractivity contribution in [2.45, 2.75) is 6.18 Å². The predicted octanol–water partition coefficient (Wildman–Crippen LogP) is 2.74. The summed E-state index contributed by atoms with van der Waals surface area (Å²) < 4.78 is 31.7. The van der Waals surface area contributed by atoms with Gasteiger partial charge in [-0.25, -0.2) is 9.78 Å². The third-order valence-corrected chi connectivity index (χ3v) is 2.41. The van der Waals surface area contributed by atoms with Gasteiger partial charge in [0.15, 0.2) is 0 Å². The van der Waals surface area contributed by atoms with Crippen LogP contribution in [0.2, 0.25) is 0 Å². The van der Waals surface area contributed by atoms with Crippen LogP contribution in [0.15, 0.2) is 36.8 Å². The fourth-order valence-corrected chi connectivity index (χ4v) is 1.55. The number of rotatable bonds is 0. The van der Waals surface area contributed by atoms with Crippen LogP contribution in [0.25, 0.3) is 21.9 Å². The standard InChI is InChI=1S/C10H7N3.C2HF3O2/c1-2-4-8-7(3-1)10-9(5-11-8)12-6-13-10;3-2(4,5)1(6)7/h1-6H,(H,12,13);(H,6,7). The minimum Gasteiger partial charge on any atom is -0.475 e. The number of alkyl halides is 3. The molecule has 8 heteroatoms. The van der Waals surface area contributed by atoms with Gasteiger partial charge in [-0.3, -0.25) is 4.98 Å². The number of aliphatic carboxylic acids is 1. The number of fused-ring (bicyclic) bond motifs is 3. The highest BCUT2D eigenvalue weighted by Crippen LogP contribution is 2.19. The van der Waals surface area contributed by atoms with E-state index in [1.165, 1.54) is 0 Å². The van der Waals surface area contributed by atoms with E-state index in [2.05, 4.69) is 15.0 Å². The number of carboxylic acids is 1. The summed E-state index contributed by atoms with van der Waals surface area (Å²) in [4.78, 5) is 20.5. The molecule has 3 aromatic rings. The number of H-pyrrole nitrogens is 1. The second kappa shape index (κ2) is 5.16. The minimum atomic E-state index is -5.08. The summed E-state index contributed by atoms with van der Waals surface area (Å²) in [6.45, 7) is 0. The van der Waals surface area contributed by atoms with E-state index in [-0.39, 0.29) is 0 Å². The molecule has 2 heterocycles. The lowest BCUT2D eigenvalue weighted by molar-refractivity contribution is -0.192. The highest BCUT2D eigenvalue weighted by atomic mass is 19.4. The van der Waals surface area contributed by atoms with Gasteiger partial charge in [0.2, 0.25) is 0 Å². The largest absolute Gasteiger partial charge is 0.490 e. The predicted molar refractivity (Wildman–Crippen MR) is 65.1 cm³/mol. The third-order valence-electron chi connectivity index (χ3n) is 2.41. The number of hydrogen-bond donors (Lipinski definition) is 2. The lowest BCUT2D eigenvalue weighted by Gasteiger charge is -1.95. The second-order valence-corrected chi connectivity index (χ2v) is 3.74. The van der Waals surface area contributed by atoms with Crippen molar-refractivity contribution in [3.63, 3.8) is 0 Å². The maximum absolute atomic E-state index is 10.6. The van der Waals surface area contributed by atoms with E-state index >= 15 is 0 Å².